The number of aliphatic hydroxyl groups is 1. The third kappa shape index (κ3) is 3.21. The van der Waals surface area contributed by atoms with Crippen LogP contribution in [0.5, 0.6) is 5.75 Å². The molecule has 19 heavy (non-hydrogen) atoms. The average Bonchev–Trinajstić information content (AvgIpc) is 2.84. The lowest BCUT2D eigenvalue weighted by molar-refractivity contribution is 0.256. The highest BCUT2D eigenvalue weighted by Crippen LogP contribution is 2.33. The van der Waals surface area contributed by atoms with Crippen LogP contribution in [0.4, 0.5) is 0 Å². The first-order valence-electron chi connectivity index (χ1n) is 5.86. The Hall–Kier alpha value is -1.23. The SMILES string of the molecule is CCn1cncc1COc1c(Cl)cc(Cl)cc1CO. The minimum absolute atomic E-state index is 0.178. The molecule has 1 aromatic carbocycles. The van der Waals surface area contributed by atoms with Gasteiger partial charge in [0, 0.05) is 17.1 Å². The van der Waals surface area contributed by atoms with Crippen LogP contribution < -0.4 is 4.74 Å². The number of benzene rings is 1. The van der Waals surface area contributed by atoms with Crippen molar-refractivity contribution in [3.8, 4) is 5.75 Å². The molecule has 0 amide bonds. The van der Waals surface area contributed by atoms with E-state index in [1.165, 1.54) is 0 Å². The summed E-state index contributed by atoms with van der Waals surface area (Å²) in [6.07, 6.45) is 3.49. The van der Waals surface area contributed by atoms with E-state index >= 15 is 0 Å². The molecule has 1 heterocycles. The van der Waals surface area contributed by atoms with E-state index in [0.29, 0.717) is 28.0 Å². The molecule has 1 N–H and O–H groups in total. The minimum atomic E-state index is -0.178. The van der Waals surface area contributed by atoms with Crippen LogP contribution in [0.1, 0.15) is 18.2 Å². The van der Waals surface area contributed by atoms with Gasteiger partial charge in [0.05, 0.1) is 29.8 Å². The van der Waals surface area contributed by atoms with Gasteiger partial charge in [-0.05, 0) is 19.1 Å². The molecule has 102 valence electrons. The van der Waals surface area contributed by atoms with Crippen LogP contribution in [-0.4, -0.2) is 14.7 Å². The van der Waals surface area contributed by atoms with Crippen molar-refractivity contribution < 1.29 is 9.84 Å². The summed E-state index contributed by atoms with van der Waals surface area (Å²) in [5.41, 5.74) is 1.51. The Bertz CT molecular complexity index is 570. The van der Waals surface area contributed by atoms with Crippen molar-refractivity contribution in [3.63, 3.8) is 0 Å². The Morgan fingerprint density at radius 3 is 2.84 bits per heavy atom. The molecular formula is C13H14Cl2N2O2. The van der Waals surface area contributed by atoms with Gasteiger partial charge in [0.1, 0.15) is 12.4 Å². The Labute approximate surface area is 121 Å². The van der Waals surface area contributed by atoms with Gasteiger partial charge >= 0.3 is 0 Å². The van der Waals surface area contributed by atoms with Crippen molar-refractivity contribution in [1.29, 1.82) is 0 Å². The van der Waals surface area contributed by atoms with Crippen molar-refractivity contribution in [1.82, 2.24) is 9.55 Å². The van der Waals surface area contributed by atoms with Crippen molar-refractivity contribution in [2.24, 2.45) is 0 Å². The topological polar surface area (TPSA) is 47.3 Å². The predicted octanol–water partition coefficient (Wildman–Crippen LogP) is 3.28. The molecular weight excluding hydrogens is 287 g/mol. The van der Waals surface area contributed by atoms with E-state index in [0.717, 1.165) is 12.2 Å². The standard InChI is InChI=1S/C13H14Cl2N2O2/c1-2-17-8-16-5-11(17)7-19-13-9(6-18)3-10(14)4-12(13)15/h3-5,8,18H,2,6-7H2,1H3. The monoisotopic (exact) mass is 300 g/mol. The van der Waals surface area contributed by atoms with Gasteiger partial charge in [-0.1, -0.05) is 23.2 Å². The van der Waals surface area contributed by atoms with Crippen molar-refractivity contribution in [2.45, 2.75) is 26.7 Å². The van der Waals surface area contributed by atoms with Gasteiger partial charge in [0.2, 0.25) is 0 Å². The van der Waals surface area contributed by atoms with Gasteiger partial charge in [0.25, 0.3) is 0 Å². The molecule has 0 radical (unpaired) electrons. The highest BCUT2D eigenvalue weighted by Gasteiger charge is 2.11. The van der Waals surface area contributed by atoms with E-state index in [-0.39, 0.29) is 6.61 Å². The number of ether oxygens (including phenoxy) is 1. The Morgan fingerprint density at radius 1 is 1.37 bits per heavy atom. The lowest BCUT2D eigenvalue weighted by atomic mass is 10.2. The molecule has 0 atom stereocenters. The molecule has 0 unspecified atom stereocenters. The van der Waals surface area contributed by atoms with E-state index in [1.54, 1.807) is 24.7 Å². The number of hydrogen-bond donors (Lipinski definition) is 1. The smallest absolute Gasteiger partial charge is 0.144 e. The highest BCUT2D eigenvalue weighted by atomic mass is 35.5. The molecule has 0 aliphatic carbocycles. The maximum absolute atomic E-state index is 9.31. The molecule has 2 aromatic rings. The second-order valence-electron chi connectivity index (χ2n) is 3.99. The molecule has 0 fully saturated rings. The first-order valence-corrected chi connectivity index (χ1v) is 6.61. The Kier molecular flexibility index (Phi) is 4.69. The van der Waals surface area contributed by atoms with Crippen molar-refractivity contribution in [3.05, 3.63) is 46.0 Å². The van der Waals surface area contributed by atoms with Crippen LogP contribution in [-0.2, 0) is 19.8 Å². The van der Waals surface area contributed by atoms with Crippen molar-refractivity contribution in [2.75, 3.05) is 0 Å². The summed E-state index contributed by atoms with van der Waals surface area (Å²) >= 11 is 12.0. The summed E-state index contributed by atoms with van der Waals surface area (Å²) in [6.45, 7) is 3.00. The van der Waals surface area contributed by atoms with Crippen LogP contribution in [0.25, 0.3) is 0 Å². The number of imidazole rings is 1. The first kappa shape index (κ1) is 14.2. The van der Waals surface area contributed by atoms with Crippen molar-refractivity contribution >= 4 is 23.2 Å². The molecule has 6 heteroatoms. The summed E-state index contributed by atoms with van der Waals surface area (Å²) < 4.78 is 7.66. The zero-order valence-electron chi connectivity index (χ0n) is 10.4. The van der Waals surface area contributed by atoms with E-state index in [1.807, 2.05) is 11.5 Å². The number of halogens is 2. The summed E-state index contributed by atoms with van der Waals surface area (Å²) in [5.74, 6) is 0.456. The van der Waals surface area contributed by atoms with Gasteiger partial charge in [-0.25, -0.2) is 4.98 Å². The van der Waals surface area contributed by atoms with E-state index in [2.05, 4.69) is 4.98 Å². The highest BCUT2D eigenvalue weighted by molar-refractivity contribution is 6.35. The lowest BCUT2D eigenvalue weighted by Gasteiger charge is -2.13. The molecule has 0 spiro atoms. The van der Waals surface area contributed by atoms with Crippen LogP contribution in [0.2, 0.25) is 10.0 Å². The second-order valence-corrected chi connectivity index (χ2v) is 4.84. The molecule has 0 aliphatic rings. The fourth-order valence-electron chi connectivity index (χ4n) is 1.79. The van der Waals surface area contributed by atoms with Crippen LogP contribution in [0.15, 0.2) is 24.7 Å². The quantitative estimate of drug-likeness (QED) is 0.922. The number of rotatable bonds is 5. The van der Waals surface area contributed by atoms with Crippen LogP contribution >= 0.6 is 23.2 Å². The Morgan fingerprint density at radius 2 is 2.16 bits per heavy atom. The van der Waals surface area contributed by atoms with Gasteiger partial charge in [-0.2, -0.15) is 0 Å². The number of aliphatic hydroxyl groups excluding tert-OH is 1. The third-order valence-electron chi connectivity index (χ3n) is 2.76. The molecule has 4 nitrogen and oxygen atoms in total. The van der Waals surface area contributed by atoms with Gasteiger partial charge in [0.15, 0.2) is 0 Å². The maximum Gasteiger partial charge on any atom is 0.144 e. The Balaban J connectivity index is 2.20. The lowest BCUT2D eigenvalue weighted by Crippen LogP contribution is -2.05. The molecule has 0 bridgehead atoms. The zero-order chi connectivity index (χ0) is 13.8. The normalized spacial score (nSPS) is 10.7. The van der Waals surface area contributed by atoms with Gasteiger partial charge < -0.3 is 14.4 Å². The van der Waals surface area contributed by atoms with E-state index in [9.17, 15) is 5.11 Å². The summed E-state index contributed by atoms with van der Waals surface area (Å²) in [6, 6.07) is 3.23. The summed E-state index contributed by atoms with van der Waals surface area (Å²) in [5, 5.41) is 10.2. The fourth-order valence-corrected chi connectivity index (χ4v) is 2.38. The average molecular weight is 301 g/mol. The largest absolute Gasteiger partial charge is 0.485 e. The number of aromatic nitrogens is 2. The third-order valence-corrected chi connectivity index (χ3v) is 3.26. The second kappa shape index (κ2) is 6.28. The van der Waals surface area contributed by atoms with Gasteiger partial charge in [-0.15, -0.1) is 0 Å². The zero-order valence-corrected chi connectivity index (χ0v) is 11.9. The summed E-state index contributed by atoms with van der Waals surface area (Å²) in [4.78, 5) is 4.06. The maximum atomic E-state index is 9.31. The summed E-state index contributed by atoms with van der Waals surface area (Å²) in [7, 11) is 0. The minimum Gasteiger partial charge on any atom is -0.485 e. The van der Waals surface area contributed by atoms with E-state index in [4.69, 9.17) is 27.9 Å². The molecule has 0 saturated heterocycles. The van der Waals surface area contributed by atoms with E-state index < -0.39 is 0 Å². The molecule has 0 saturated carbocycles. The fraction of sp³-hybridized carbons (Fsp3) is 0.308. The number of nitrogens with zero attached hydrogens (tertiary/aromatic N) is 2. The van der Waals surface area contributed by atoms with Crippen LogP contribution in [0.3, 0.4) is 0 Å². The number of hydrogen-bond acceptors (Lipinski definition) is 3. The number of aryl methyl sites for hydroxylation is 1. The molecule has 0 aliphatic heterocycles. The molecule has 2 rings (SSSR count). The van der Waals surface area contributed by atoms with Gasteiger partial charge in [-0.3, -0.25) is 0 Å². The molecule has 1 aromatic heterocycles. The van der Waals surface area contributed by atoms with Crippen LogP contribution in [0, 0.1) is 0 Å². The first-order chi connectivity index (χ1) is 9.15. The predicted molar refractivity (Wildman–Crippen MR) is 74.6 cm³/mol.